The van der Waals surface area contributed by atoms with Crippen molar-refractivity contribution in [1.82, 2.24) is 15.1 Å². The van der Waals surface area contributed by atoms with E-state index in [0.29, 0.717) is 62.3 Å². The number of aryl methyl sites for hydroxylation is 2. The molecule has 0 atom stereocenters. The van der Waals surface area contributed by atoms with Gasteiger partial charge in [-0.1, -0.05) is 19.1 Å². The number of nitrogens with zero attached hydrogens (tertiary/aromatic N) is 2. The number of aromatic carboxylic acids is 1. The fourth-order valence-electron chi connectivity index (χ4n) is 5.15. The quantitative estimate of drug-likeness (QED) is 0.624. The number of rotatable bonds is 7. The zero-order valence-corrected chi connectivity index (χ0v) is 19.3. The summed E-state index contributed by atoms with van der Waals surface area (Å²) < 4.78 is 7.51. The van der Waals surface area contributed by atoms with E-state index in [1.54, 1.807) is 18.2 Å². The Bertz CT molecular complexity index is 1050. The van der Waals surface area contributed by atoms with Crippen LogP contribution < -0.4 is 5.32 Å². The van der Waals surface area contributed by atoms with Crippen molar-refractivity contribution in [3.8, 4) is 0 Å². The number of carboxylic acids is 1. The Hall–Kier alpha value is -3.00. The van der Waals surface area contributed by atoms with Crippen LogP contribution in [-0.2, 0) is 30.5 Å². The van der Waals surface area contributed by atoms with Crippen LogP contribution in [0, 0.1) is 5.41 Å². The molecule has 0 aliphatic carbocycles. The van der Waals surface area contributed by atoms with Gasteiger partial charge in [0, 0.05) is 31.9 Å². The molecule has 2 aromatic rings. The summed E-state index contributed by atoms with van der Waals surface area (Å²) in [5.74, 6) is -1.24. The molecule has 0 radical (unpaired) electrons. The standard InChI is InChI=1S/C25H31N3O5/c1-3-20-22-21(14-25(15-26-23(22)30)9-12-33-13-10-25)28(27-20)11-5-8-18-17(16(2)29)6-4-7-19(18)24(31)32/h4,6-7H,3,5,8-15H2,1-2H3,(H,26,30)(H,31,32). The average Bonchev–Trinajstić information content (AvgIpc) is 3.07. The highest BCUT2D eigenvalue weighted by Gasteiger charge is 2.39. The van der Waals surface area contributed by atoms with E-state index >= 15 is 0 Å². The monoisotopic (exact) mass is 453 g/mol. The van der Waals surface area contributed by atoms with Gasteiger partial charge in [0.25, 0.3) is 5.91 Å². The number of fused-ring (bicyclic) bond motifs is 1. The smallest absolute Gasteiger partial charge is 0.335 e. The molecular formula is C25H31N3O5. The summed E-state index contributed by atoms with van der Waals surface area (Å²) in [6, 6.07) is 4.83. The largest absolute Gasteiger partial charge is 0.478 e. The number of nitrogens with one attached hydrogen (secondary N) is 1. The lowest BCUT2D eigenvalue weighted by Gasteiger charge is -2.36. The molecule has 176 valence electrons. The van der Waals surface area contributed by atoms with E-state index in [-0.39, 0.29) is 22.7 Å². The number of aromatic nitrogens is 2. The summed E-state index contributed by atoms with van der Waals surface area (Å²) in [4.78, 5) is 36.8. The Balaban J connectivity index is 1.61. The number of carbonyl (C=O) groups excluding carboxylic acids is 2. The van der Waals surface area contributed by atoms with Crippen LogP contribution in [0.1, 0.15) is 81.1 Å². The zero-order chi connectivity index (χ0) is 23.6. The van der Waals surface area contributed by atoms with Crippen LogP contribution in [-0.4, -0.2) is 52.3 Å². The van der Waals surface area contributed by atoms with Crippen molar-refractivity contribution < 1.29 is 24.2 Å². The number of amides is 1. The second-order valence-electron chi connectivity index (χ2n) is 9.11. The number of Topliss-reactive ketones (excluding diaryl/α,β-unsaturated/α-hetero) is 1. The maximum Gasteiger partial charge on any atom is 0.335 e. The van der Waals surface area contributed by atoms with Crippen molar-refractivity contribution in [2.75, 3.05) is 19.8 Å². The van der Waals surface area contributed by atoms with Crippen LogP contribution in [0.5, 0.6) is 0 Å². The molecule has 8 nitrogen and oxygen atoms in total. The second-order valence-corrected chi connectivity index (χ2v) is 9.11. The molecule has 1 fully saturated rings. The first-order chi connectivity index (χ1) is 15.8. The maximum atomic E-state index is 13.0. The van der Waals surface area contributed by atoms with Crippen molar-refractivity contribution in [3.05, 3.63) is 51.8 Å². The van der Waals surface area contributed by atoms with Gasteiger partial charge in [0.2, 0.25) is 0 Å². The molecule has 33 heavy (non-hydrogen) atoms. The van der Waals surface area contributed by atoms with Gasteiger partial charge in [0.15, 0.2) is 5.78 Å². The maximum absolute atomic E-state index is 13.0. The lowest BCUT2D eigenvalue weighted by molar-refractivity contribution is 0.0152. The third-order valence-electron chi connectivity index (χ3n) is 6.99. The summed E-state index contributed by atoms with van der Waals surface area (Å²) in [5, 5.41) is 17.5. The molecule has 1 saturated heterocycles. The topological polar surface area (TPSA) is 111 Å². The van der Waals surface area contributed by atoms with Crippen LogP contribution in [0.4, 0.5) is 0 Å². The predicted molar refractivity (Wildman–Crippen MR) is 122 cm³/mol. The molecule has 0 saturated carbocycles. The van der Waals surface area contributed by atoms with Crippen LogP contribution in [0.3, 0.4) is 0 Å². The number of hydrogen-bond acceptors (Lipinski definition) is 5. The Morgan fingerprint density at radius 2 is 1.97 bits per heavy atom. The van der Waals surface area contributed by atoms with E-state index in [9.17, 15) is 19.5 Å². The van der Waals surface area contributed by atoms with Gasteiger partial charge in [-0.05, 0) is 62.5 Å². The van der Waals surface area contributed by atoms with E-state index in [1.807, 2.05) is 11.6 Å². The van der Waals surface area contributed by atoms with Crippen molar-refractivity contribution >= 4 is 17.7 Å². The van der Waals surface area contributed by atoms with Gasteiger partial charge in [-0.25, -0.2) is 4.79 Å². The third-order valence-corrected chi connectivity index (χ3v) is 6.99. The van der Waals surface area contributed by atoms with Crippen LogP contribution in [0.25, 0.3) is 0 Å². The van der Waals surface area contributed by atoms with Gasteiger partial charge in [-0.3, -0.25) is 14.3 Å². The second kappa shape index (κ2) is 9.47. The van der Waals surface area contributed by atoms with Gasteiger partial charge in [-0.15, -0.1) is 0 Å². The lowest BCUT2D eigenvalue weighted by Crippen LogP contribution is -2.40. The summed E-state index contributed by atoms with van der Waals surface area (Å²) in [6.45, 7) is 6.03. The summed E-state index contributed by atoms with van der Waals surface area (Å²) in [6.07, 6.45) is 4.27. The highest BCUT2D eigenvalue weighted by atomic mass is 16.5. The summed E-state index contributed by atoms with van der Waals surface area (Å²) in [5.41, 5.74) is 3.59. The molecule has 8 heteroatoms. The van der Waals surface area contributed by atoms with E-state index in [4.69, 9.17) is 9.84 Å². The normalized spacial score (nSPS) is 17.3. The molecule has 2 aliphatic heterocycles. The van der Waals surface area contributed by atoms with Gasteiger partial charge in [-0.2, -0.15) is 5.10 Å². The van der Waals surface area contributed by atoms with E-state index in [1.165, 1.54) is 6.92 Å². The fourth-order valence-corrected chi connectivity index (χ4v) is 5.15. The average molecular weight is 454 g/mol. The molecule has 2 aliphatic rings. The molecule has 1 aromatic heterocycles. The molecule has 0 bridgehead atoms. The van der Waals surface area contributed by atoms with Crippen LogP contribution >= 0.6 is 0 Å². The molecule has 2 N–H and O–H groups in total. The summed E-state index contributed by atoms with van der Waals surface area (Å²) in [7, 11) is 0. The van der Waals surface area contributed by atoms with E-state index in [2.05, 4.69) is 5.32 Å². The number of ether oxygens (including phenoxy) is 1. The minimum absolute atomic E-state index is 0.0281. The molecule has 0 unspecified atom stereocenters. The predicted octanol–water partition coefficient (Wildman–Crippen LogP) is 3.06. The molecule has 1 aromatic carbocycles. The van der Waals surface area contributed by atoms with E-state index < -0.39 is 5.97 Å². The van der Waals surface area contributed by atoms with Crippen molar-refractivity contribution in [3.63, 3.8) is 0 Å². The number of ketones is 1. The van der Waals surface area contributed by atoms with Crippen LogP contribution in [0.2, 0.25) is 0 Å². The first-order valence-electron chi connectivity index (χ1n) is 11.7. The fraction of sp³-hybridized carbons (Fsp3) is 0.520. The van der Waals surface area contributed by atoms with Gasteiger partial charge in [0.1, 0.15) is 0 Å². The van der Waals surface area contributed by atoms with Crippen molar-refractivity contribution in [2.24, 2.45) is 5.41 Å². The minimum atomic E-state index is -1.03. The molecule has 1 spiro atoms. The number of carbonyl (C=O) groups is 3. The highest BCUT2D eigenvalue weighted by molar-refractivity contribution is 6.00. The highest BCUT2D eigenvalue weighted by Crippen LogP contribution is 2.37. The zero-order valence-electron chi connectivity index (χ0n) is 19.3. The van der Waals surface area contributed by atoms with Gasteiger partial charge < -0.3 is 15.2 Å². The molecule has 3 heterocycles. The summed E-state index contributed by atoms with van der Waals surface area (Å²) >= 11 is 0. The molecule has 1 amide bonds. The Morgan fingerprint density at radius 1 is 1.24 bits per heavy atom. The van der Waals surface area contributed by atoms with Crippen molar-refractivity contribution in [2.45, 2.75) is 58.9 Å². The third kappa shape index (κ3) is 4.57. The van der Waals surface area contributed by atoms with E-state index in [0.717, 1.165) is 30.7 Å². The number of hydrogen-bond donors (Lipinski definition) is 2. The first-order valence-corrected chi connectivity index (χ1v) is 11.7. The van der Waals surface area contributed by atoms with Crippen molar-refractivity contribution in [1.29, 1.82) is 0 Å². The van der Waals surface area contributed by atoms with Gasteiger partial charge >= 0.3 is 5.97 Å². The Kier molecular flexibility index (Phi) is 6.65. The molecule has 4 rings (SSSR count). The Labute approximate surface area is 193 Å². The first kappa shape index (κ1) is 23.2. The van der Waals surface area contributed by atoms with Crippen LogP contribution in [0.15, 0.2) is 18.2 Å². The number of benzene rings is 1. The molecular weight excluding hydrogens is 422 g/mol. The SMILES string of the molecule is CCc1nn(CCCc2c(C(C)=O)cccc2C(=O)O)c2c1C(=O)NCC1(CCOCC1)C2. The van der Waals surface area contributed by atoms with Gasteiger partial charge in [0.05, 0.1) is 22.5 Å². The Morgan fingerprint density at radius 3 is 2.64 bits per heavy atom. The number of carboxylic acid groups (broad SMARTS) is 1. The minimum Gasteiger partial charge on any atom is -0.478 e. The lowest BCUT2D eigenvalue weighted by atomic mass is 9.76.